The molecule has 0 heterocycles. The Balaban J connectivity index is 2.16. The minimum atomic E-state index is 0.0289. The summed E-state index contributed by atoms with van der Waals surface area (Å²) in [6.07, 6.45) is 9.35. The second-order valence-corrected chi connectivity index (χ2v) is 5.12. The van der Waals surface area contributed by atoms with Crippen LogP contribution in [0.4, 0.5) is 0 Å². The summed E-state index contributed by atoms with van der Waals surface area (Å²) >= 11 is 0. The number of carbonyl (C=O) groups excluding carboxylic acids is 1. The Bertz CT molecular complexity index is 278. The summed E-state index contributed by atoms with van der Waals surface area (Å²) in [5.41, 5.74) is 0.370. The molecule has 0 bridgehead atoms. The zero-order chi connectivity index (χ0) is 12.0. The highest BCUT2D eigenvalue weighted by Crippen LogP contribution is 2.36. The van der Waals surface area contributed by atoms with Crippen molar-refractivity contribution in [2.24, 2.45) is 5.41 Å². The minimum Gasteiger partial charge on any atom is -0.345 e. The first-order chi connectivity index (χ1) is 7.56. The molecule has 16 heavy (non-hydrogen) atoms. The predicted octanol–water partition coefficient (Wildman–Crippen LogP) is 1.29. The van der Waals surface area contributed by atoms with Crippen molar-refractivity contribution in [3.05, 3.63) is 0 Å². The van der Waals surface area contributed by atoms with Gasteiger partial charge in [0.05, 0.1) is 6.54 Å². The van der Waals surface area contributed by atoms with E-state index in [1.807, 2.05) is 0 Å². The molecule has 3 heteroatoms. The highest BCUT2D eigenvalue weighted by atomic mass is 16.1. The third kappa shape index (κ3) is 3.86. The fraction of sp³-hybridized carbons (Fsp3) is 0.769. The molecule has 0 aromatic heterocycles. The number of hydrogen-bond acceptors (Lipinski definition) is 2. The van der Waals surface area contributed by atoms with Crippen LogP contribution in [0.1, 0.15) is 39.5 Å². The van der Waals surface area contributed by atoms with Crippen LogP contribution in [0.5, 0.6) is 0 Å². The van der Waals surface area contributed by atoms with Crippen molar-refractivity contribution < 1.29 is 4.79 Å². The van der Waals surface area contributed by atoms with Crippen LogP contribution in [0.3, 0.4) is 0 Å². The highest BCUT2D eigenvalue weighted by molar-refractivity contribution is 5.76. The molecular weight excluding hydrogens is 200 g/mol. The van der Waals surface area contributed by atoms with Gasteiger partial charge < -0.3 is 10.6 Å². The Morgan fingerprint density at radius 2 is 2.31 bits per heavy atom. The molecule has 2 N–H and O–H groups in total. The van der Waals surface area contributed by atoms with Gasteiger partial charge in [0, 0.05) is 19.0 Å². The molecule has 90 valence electrons. The SMILES string of the molecule is C#CCNC(=O)CCNC1CCCC1(C)C. The topological polar surface area (TPSA) is 41.1 Å². The Labute approximate surface area is 98.4 Å². The molecule has 1 unspecified atom stereocenters. The third-order valence-corrected chi connectivity index (χ3v) is 3.39. The highest BCUT2D eigenvalue weighted by Gasteiger charge is 2.33. The van der Waals surface area contributed by atoms with Gasteiger partial charge in [-0.2, -0.15) is 0 Å². The molecule has 0 aromatic rings. The molecule has 0 saturated heterocycles. The molecular formula is C13H22N2O. The Hall–Kier alpha value is -1.01. The first-order valence-electron chi connectivity index (χ1n) is 6.00. The summed E-state index contributed by atoms with van der Waals surface area (Å²) in [6.45, 7) is 5.64. The first kappa shape index (κ1) is 13.1. The summed E-state index contributed by atoms with van der Waals surface area (Å²) in [5, 5.41) is 6.13. The van der Waals surface area contributed by atoms with E-state index in [9.17, 15) is 4.79 Å². The molecule has 1 rings (SSSR count). The van der Waals surface area contributed by atoms with Crippen LogP contribution in [0.15, 0.2) is 0 Å². The number of amides is 1. The van der Waals surface area contributed by atoms with Crippen LogP contribution in [0, 0.1) is 17.8 Å². The van der Waals surface area contributed by atoms with E-state index < -0.39 is 0 Å². The largest absolute Gasteiger partial charge is 0.345 e. The standard InChI is InChI=1S/C13H22N2O/c1-4-9-15-12(16)7-10-14-11-6-5-8-13(11,2)3/h1,11,14H,5-10H2,2-3H3,(H,15,16). The van der Waals surface area contributed by atoms with Gasteiger partial charge in [0.25, 0.3) is 0 Å². The fourth-order valence-electron chi connectivity index (χ4n) is 2.30. The van der Waals surface area contributed by atoms with Gasteiger partial charge in [0.1, 0.15) is 0 Å². The van der Waals surface area contributed by atoms with Gasteiger partial charge in [0.2, 0.25) is 5.91 Å². The van der Waals surface area contributed by atoms with Crippen molar-refractivity contribution in [1.29, 1.82) is 0 Å². The Morgan fingerprint density at radius 1 is 1.56 bits per heavy atom. The van der Waals surface area contributed by atoms with E-state index in [0.717, 1.165) is 6.54 Å². The number of rotatable bonds is 5. The van der Waals surface area contributed by atoms with E-state index >= 15 is 0 Å². The van der Waals surface area contributed by atoms with Crippen molar-refractivity contribution >= 4 is 5.91 Å². The second-order valence-electron chi connectivity index (χ2n) is 5.12. The van der Waals surface area contributed by atoms with Gasteiger partial charge in [-0.1, -0.05) is 26.2 Å². The van der Waals surface area contributed by atoms with Gasteiger partial charge in [-0.05, 0) is 18.3 Å². The van der Waals surface area contributed by atoms with Gasteiger partial charge in [-0.15, -0.1) is 6.42 Å². The normalized spacial score (nSPS) is 22.7. The summed E-state index contributed by atoms with van der Waals surface area (Å²) in [7, 11) is 0. The Kier molecular flexibility index (Phi) is 4.82. The summed E-state index contributed by atoms with van der Waals surface area (Å²) in [6, 6.07) is 0.549. The minimum absolute atomic E-state index is 0.0289. The number of hydrogen-bond donors (Lipinski definition) is 2. The summed E-state index contributed by atoms with van der Waals surface area (Å²) in [5.74, 6) is 2.42. The van der Waals surface area contributed by atoms with Crippen molar-refractivity contribution in [3.63, 3.8) is 0 Å². The van der Waals surface area contributed by atoms with Crippen LogP contribution in [-0.4, -0.2) is 25.0 Å². The van der Waals surface area contributed by atoms with E-state index in [0.29, 0.717) is 24.4 Å². The molecule has 1 atom stereocenters. The molecule has 1 amide bonds. The lowest BCUT2D eigenvalue weighted by atomic mass is 9.87. The summed E-state index contributed by atoms with van der Waals surface area (Å²) < 4.78 is 0. The first-order valence-corrected chi connectivity index (χ1v) is 6.00. The summed E-state index contributed by atoms with van der Waals surface area (Å²) in [4.78, 5) is 11.3. The average molecular weight is 222 g/mol. The molecule has 1 aliphatic rings. The fourth-order valence-corrected chi connectivity index (χ4v) is 2.30. The maximum Gasteiger partial charge on any atom is 0.222 e. The van der Waals surface area contributed by atoms with E-state index in [-0.39, 0.29) is 5.91 Å². The number of terminal acetylenes is 1. The maximum atomic E-state index is 11.3. The molecule has 0 spiro atoms. The number of nitrogens with one attached hydrogen (secondary N) is 2. The van der Waals surface area contributed by atoms with Gasteiger partial charge in [0.15, 0.2) is 0 Å². The lowest BCUT2D eigenvalue weighted by Crippen LogP contribution is -2.39. The molecule has 1 aliphatic carbocycles. The molecule has 1 fully saturated rings. The van der Waals surface area contributed by atoms with E-state index in [2.05, 4.69) is 30.4 Å². The lowest BCUT2D eigenvalue weighted by Gasteiger charge is -2.27. The van der Waals surface area contributed by atoms with Crippen LogP contribution in [0.25, 0.3) is 0 Å². The van der Waals surface area contributed by atoms with Crippen molar-refractivity contribution in [3.8, 4) is 12.3 Å². The molecule has 3 nitrogen and oxygen atoms in total. The third-order valence-electron chi connectivity index (χ3n) is 3.39. The van der Waals surface area contributed by atoms with Gasteiger partial charge >= 0.3 is 0 Å². The predicted molar refractivity (Wildman–Crippen MR) is 65.9 cm³/mol. The van der Waals surface area contributed by atoms with Crippen LogP contribution < -0.4 is 10.6 Å². The quantitative estimate of drug-likeness (QED) is 0.688. The monoisotopic (exact) mass is 222 g/mol. The van der Waals surface area contributed by atoms with Crippen LogP contribution in [0.2, 0.25) is 0 Å². The molecule has 1 saturated carbocycles. The van der Waals surface area contributed by atoms with E-state index in [1.165, 1.54) is 19.3 Å². The van der Waals surface area contributed by atoms with Crippen LogP contribution in [-0.2, 0) is 4.79 Å². The van der Waals surface area contributed by atoms with Crippen molar-refractivity contribution in [2.75, 3.05) is 13.1 Å². The number of carbonyl (C=O) groups is 1. The molecule has 0 radical (unpaired) electrons. The average Bonchev–Trinajstić information content (AvgIpc) is 2.55. The second kappa shape index (κ2) is 5.91. The van der Waals surface area contributed by atoms with E-state index in [4.69, 9.17) is 6.42 Å². The zero-order valence-corrected chi connectivity index (χ0v) is 10.3. The lowest BCUT2D eigenvalue weighted by molar-refractivity contribution is -0.120. The van der Waals surface area contributed by atoms with Crippen LogP contribution >= 0.6 is 0 Å². The zero-order valence-electron chi connectivity index (χ0n) is 10.3. The van der Waals surface area contributed by atoms with Crippen molar-refractivity contribution in [2.45, 2.75) is 45.6 Å². The Morgan fingerprint density at radius 3 is 2.88 bits per heavy atom. The molecule has 0 aliphatic heterocycles. The smallest absolute Gasteiger partial charge is 0.222 e. The maximum absolute atomic E-state index is 11.3. The molecule has 0 aromatic carbocycles. The van der Waals surface area contributed by atoms with E-state index in [1.54, 1.807) is 0 Å². The van der Waals surface area contributed by atoms with Crippen molar-refractivity contribution in [1.82, 2.24) is 10.6 Å². The van der Waals surface area contributed by atoms with Gasteiger partial charge in [-0.3, -0.25) is 4.79 Å². The van der Waals surface area contributed by atoms with Gasteiger partial charge in [-0.25, -0.2) is 0 Å².